The second-order valence-electron chi connectivity index (χ2n) is 5.08. The van der Waals surface area contributed by atoms with Gasteiger partial charge in [-0.3, -0.25) is 9.69 Å². The molecule has 5 heteroatoms. The summed E-state index contributed by atoms with van der Waals surface area (Å²) < 4.78 is 10.8. The normalized spacial score (nSPS) is 20.4. The van der Waals surface area contributed by atoms with Crippen LogP contribution in [0.1, 0.15) is 12.2 Å². The van der Waals surface area contributed by atoms with Crippen LogP contribution in [0.25, 0.3) is 0 Å². The molecule has 0 spiro atoms. The molecular formula is C14H22N2O3. The minimum atomic E-state index is -0.313. The summed E-state index contributed by atoms with van der Waals surface area (Å²) in [5.74, 6) is 1.07. The summed E-state index contributed by atoms with van der Waals surface area (Å²) in [5, 5.41) is 0. The molecule has 0 bridgehead atoms. The highest BCUT2D eigenvalue weighted by Crippen LogP contribution is 2.10. The summed E-state index contributed by atoms with van der Waals surface area (Å²) in [5.41, 5.74) is 0. The highest BCUT2D eigenvalue weighted by Gasteiger charge is 2.27. The number of morpholine rings is 1. The first-order chi connectivity index (χ1) is 9.16. The Labute approximate surface area is 114 Å². The van der Waals surface area contributed by atoms with E-state index in [-0.39, 0.29) is 12.0 Å². The third-order valence-corrected chi connectivity index (χ3v) is 3.34. The van der Waals surface area contributed by atoms with E-state index < -0.39 is 0 Å². The monoisotopic (exact) mass is 266 g/mol. The van der Waals surface area contributed by atoms with E-state index in [2.05, 4.69) is 4.90 Å². The van der Waals surface area contributed by atoms with Crippen LogP contribution in [0, 0.1) is 0 Å². The zero-order valence-electron chi connectivity index (χ0n) is 11.7. The predicted molar refractivity (Wildman–Crippen MR) is 71.9 cm³/mol. The van der Waals surface area contributed by atoms with Gasteiger partial charge in [0.25, 0.3) is 5.91 Å². The van der Waals surface area contributed by atoms with Crippen molar-refractivity contribution in [2.24, 2.45) is 0 Å². The van der Waals surface area contributed by atoms with E-state index >= 15 is 0 Å². The summed E-state index contributed by atoms with van der Waals surface area (Å²) >= 11 is 0. The topological polar surface area (TPSA) is 45.9 Å². The Kier molecular flexibility index (Phi) is 4.99. The summed E-state index contributed by atoms with van der Waals surface area (Å²) in [6, 6.07) is 3.91. The number of aryl methyl sites for hydroxylation is 1. The van der Waals surface area contributed by atoms with Gasteiger partial charge in [0.1, 0.15) is 11.9 Å². The van der Waals surface area contributed by atoms with Gasteiger partial charge in [-0.25, -0.2) is 0 Å². The van der Waals surface area contributed by atoms with Gasteiger partial charge >= 0.3 is 0 Å². The van der Waals surface area contributed by atoms with Gasteiger partial charge in [0.15, 0.2) is 0 Å². The highest BCUT2D eigenvalue weighted by atomic mass is 16.5. The van der Waals surface area contributed by atoms with Gasteiger partial charge in [-0.15, -0.1) is 0 Å². The molecule has 2 rings (SSSR count). The average molecular weight is 266 g/mol. The first-order valence-corrected chi connectivity index (χ1v) is 6.74. The molecule has 0 saturated carbocycles. The predicted octanol–water partition coefficient (Wildman–Crippen LogP) is 1.00. The molecule has 1 aromatic heterocycles. The van der Waals surface area contributed by atoms with Gasteiger partial charge in [-0.2, -0.15) is 0 Å². The Morgan fingerprint density at radius 1 is 1.53 bits per heavy atom. The second-order valence-corrected chi connectivity index (χ2v) is 5.08. The standard InChI is InChI=1S/C14H22N2O3/c1-15(2)14(17)13-11-16(8-10-19-13)7-3-5-12-6-4-9-18-12/h4,6,9,13H,3,5,7-8,10-11H2,1-2H3. The number of amides is 1. The lowest BCUT2D eigenvalue weighted by atomic mass is 10.2. The van der Waals surface area contributed by atoms with Crippen LogP contribution in [-0.4, -0.2) is 62.1 Å². The van der Waals surface area contributed by atoms with Crippen molar-refractivity contribution >= 4 is 5.91 Å². The number of carbonyl (C=O) groups is 1. The third kappa shape index (κ3) is 4.08. The zero-order valence-corrected chi connectivity index (χ0v) is 11.7. The van der Waals surface area contributed by atoms with E-state index in [4.69, 9.17) is 9.15 Å². The molecule has 1 fully saturated rings. The molecule has 1 aliphatic rings. The smallest absolute Gasteiger partial charge is 0.252 e. The van der Waals surface area contributed by atoms with Gasteiger partial charge in [0, 0.05) is 33.6 Å². The van der Waals surface area contributed by atoms with E-state index in [9.17, 15) is 4.79 Å². The fraction of sp³-hybridized carbons (Fsp3) is 0.643. The molecule has 106 valence electrons. The molecule has 1 saturated heterocycles. The molecule has 0 aliphatic carbocycles. The molecule has 1 atom stereocenters. The summed E-state index contributed by atoms with van der Waals surface area (Å²) in [4.78, 5) is 15.7. The fourth-order valence-corrected chi connectivity index (χ4v) is 2.27. The van der Waals surface area contributed by atoms with Gasteiger partial charge in [-0.05, 0) is 25.1 Å². The maximum atomic E-state index is 11.9. The van der Waals surface area contributed by atoms with Crippen molar-refractivity contribution in [2.75, 3.05) is 40.3 Å². The number of furan rings is 1. The largest absolute Gasteiger partial charge is 0.469 e. The zero-order chi connectivity index (χ0) is 13.7. The first kappa shape index (κ1) is 14.1. The van der Waals surface area contributed by atoms with Crippen LogP contribution >= 0.6 is 0 Å². The summed E-state index contributed by atoms with van der Waals surface area (Å²) in [6.45, 7) is 3.19. The third-order valence-electron chi connectivity index (χ3n) is 3.34. The minimum Gasteiger partial charge on any atom is -0.469 e. The van der Waals surface area contributed by atoms with Crippen LogP contribution in [0.5, 0.6) is 0 Å². The Morgan fingerprint density at radius 3 is 3.05 bits per heavy atom. The SMILES string of the molecule is CN(C)C(=O)C1CN(CCCc2ccco2)CCO1. The van der Waals surface area contributed by atoms with Gasteiger partial charge in [0.2, 0.25) is 0 Å². The van der Waals surface area contributed by atoms with Gasteiger partial charge in [-0.1, -0.05) is 0 Å². The van der Waals surface area contributed by atoms with Crippen molar-refractivity contribution < 1.29 is 13.9 Å². The summed E-state index contributed by atoms with van der Waals surface area (Å²) in [6.07, 6.45) is 3.37. The number of ether oxygens (including phenoxy) is 1. The lowest BCUT2D eigenvalue weighted by Gasteiger charge is -2.33. The number of carbonyl (C=O) groups excluding carboxylic acids is 1. The molecular weight excluding hydrogens is 244 g/mol. The lowest BCUT2D eigenvalue weighted by Crippen LogP contribution is -2.49. The Balaban J connectivity index is 1.73. The Morgan fingerprint density at radius 2 is 2.37 bits per heavy atom. The molecule has 0 radical (unpaired) electrons. The average Bonchev–Trinajstić information content (AvgIpc) is 2.91. The van der Waals surface area contributed by atoms with Crippen LogP contribution in [0.3, 0.4) is 0 Å². The molecule has 0 N–H and O–H groups in total. The van der Waals surface area contributed by atoms with Crippen molar-refractivity contribution in [3.05, 3.63) is 24.2 Å². The minimum absolute atomic E-state index is 0.0516. The highest BCUT2D eigenvalue weighted by molar-refractivity contribution is 5.80. The maximum absolute atomic E-state index is 11.9. The molecule has 1 amide bonds. The second kappa shape index (κ2) is 6.73. The van der Waals surface area contributed by atoms with Crippen LogP contribution in [-0.2, 0) is 16.0 Å². The van der Waals surface area contributed by atoms with Crippen LogP contribution in [0.15, 0.2) is 22.8 Å². The molecule has 5 nitrogen and oxygen atoms in total. The van der Waals surface area contributed by atoms with Crippen LogP contribution < -0.4 is 0 Å². The number of hydrogen-bond acceptors (Lipinski definition) is 4. The van der Waals surface area contributed by atoms with Gasteiger partial charge < -0.3 is 14.1 Å². The maximum Gasteiger partial charge on any atom is 0.252 e. The van der Waals surface area contributed by atoms with E-state index in [1.807, 2.05) is 12.1 Å². The van der Waals surface area contributed by atoms with Gasteiger partial charge in [0.05, 0.1) is 12.9 Å². The van der Waals surface area contributed by atoms with Crippen molar-refractivity contribution in [1.29, 1.82) is 0 Å². The van der Waals surface area contributed by atoms with E-state index in [0.717, 1.165) is 31.7 Å². The number of rotatable bonds is 5. The molecule has 19 heavy (non-hydrogen) atoms. The summed E-state index contributed by atoms with van der Waals surface area (Å²) in [7, 11) is 3.53. The van der Waals surface area contributed by atoms with Crippen molar-refractivity contribution in [3.8, 4) is 0 Å². The molecule has 1 unspecified atom stereocenters. The van der Waals surface area contributed by atoms with E-state index in [1.54, 1.807) is 25.3 Å². The number of likely N-dealkylation sites (N-methyl/N-ethyl adjacent to an activating group) is 1. The lowest BCUT2D eigenvalue weighted by molar-refractivity contribution is -0.146. The number of nitrogens with zero attached hydrogens (tertiary/aromatic N) is 2. The van der Waals surface area contributed by atoms with Crippen LogP contribution in [0.2, 0.25) is 0 Å². The Hall–Kier alpha value is -1.33. The first-order valence-electron chi connectivity index (χ1n) is 6.74. The molecule has 1 aromatic rings. The quantitative estimate of drug-likeness (QED) is 0.797. The molecule has 1 aliphatic heterocycles. The van der Waals surface area contributed by atoms with Crippen molar-refractivity contribution in [1.82, 2.24) is 9.80 Å². The van der Waals surface area contributed by atoms with E-state index in [0.29, 0.717) is 13.2 Å². The fourth-order valence-electron chi connectivity index (χ4n) is 2.27. The van der Waals surface area contributed by atoms with Crippen molar-refractivity contribution in [3.63, 3.8) is 0 Å². The van der Waals surface area contributed by atoms with Crippen LogP contribution in [0.4, 0.5) is 0 Å². The Bertz CT molecular complexity index is 389. The number of hydrogen-bond donors (Lipinski definition) is 0. The van der Waals surface area contributed by atoms with E-state index in [1.165, 1.54) is 0 Å². The molecule has 2 heterocycles. The van der Waals surface area contributed by atoms with Crippen molar-refractivity contribution in [2.45, 2.75) is 18.9 Å². The molecule has 0 aromatic carbocycles.